The number of rotatable bonds is 1. The Morgan fingerprint density at radius 3 is 3.00 bits per heavy atom. The van der Waals surface area contributed by atoms with E-state index in [4.69, 9.17) is 5.73 Å². The Balaban J connectivity index is 1.84. The number of nitrogens with two attached hydrogens (primary N) is 1. The van der Waals surface area contributed by atoms with Gasteiger partial charge in [-0.25, -0.2) is 0 Å². The van der Waals surface area contributed by atoms with Gasteiger partial charge in [0.2, 0.25) is 0 Å². The van der Waals surface area contributed by atoms with E-state index in [0.717, 1.165) is 17.6 Å². The maximum atomic E-state index is 12.8. The Hall–Kier alpha value is -1.07. The van der Waals surface area contributed by atoms with Crippen LogP contribution in [-0.4, -0.2) is 47.4 Å². The lowest BCUT2D eigenvalue weighted by Crippen LogP contribution is -2.56. The lowest BCUT2D eigenvalue weighted by atomic mass is 10.1. The van der Waals surface area contributed by atoms with Crippen LogP contribution in [0.15, 0.2) is 22.7 Å². The zero-order chi connectivity index (χ0) is 14.3. The summed E-state index contributed by atoms with van der Waals surface area (Å²) in [6.07, 6.45) is 2.45. The minimum Gasteiger partial charge on any atom is -0.399 e. The maximum Gasteiger partial charge on any atom is 0.255 e. The van der Waals surface area contributed by atoms with E-state index in [9.17, 15) is 4.79 Å². The first kappa shape index (κ1) is 13.9. The van der Waals surface area contributed by atoms with E-state index < -0.39 is 0 Å². The van der Waals surface area contributed by atoms with E-state index >= 15 is 0 Å². The monoisotopic (exact) mass is 337 g/mol. The summed E-state index contributed by atoms with van der Waals surface area (Å²) < 4.78 is 0.817. The molecule has 20 heavy (non-hydrogen) atoms. The molecule has 5 heteroatoms. The number of amides is 1. The topological polar surface area (TPSA) is 49.6 Å². The number of nitrogen functional groups attached to an aromatic ring is 1. The van der Waals surface area contributed by atoms with Crippen molar-refractivity contribution in [1.82, 2.24) is 9.80 Å². The van der Waals surface area contributed by atoms with Gasteiger partial charge in [0.1, 0.15) is 0 Å². The van der Waals surface area contributed by atoms with Crippen LogP contribution in [0.25, 0.3) is 0 Å². The van der Waals surface area contributed by atoms with Crippen LogP contribution in [-0.2, 0) is 0 Å². The lowest BCUT2D eigenvalue weighted by molar-refractivity contribution is 0.0394. The lowest BCUT2D eigenvalue weighted by Gasteiger charge is -2.42. The van der Waals surface area contributed by atoms with E-state index in [-0.39, 0.29) is 11.9 Å². The molecule has 0 radical (unpaired) electrons. The first-order chi connectivity index (χ1) is 9.56. The third-order valence-electron chi connectivity index (χ3n) is 4.42. The van der Waals surface area contributed by atoms with Crippen LogP contribution in [0, 0.1) is 0 Å². The average Bonchev–Trinajstić information content (AvgIpc) is 2.87. The molecule has 2 N–H and O–H groups in total. The molecular weight excluding hydrogens is 318 g/mol. The summed E-state index contributed by atoms with van der Waals surface area (Å²) in [7, 11) is 0. The van der Waals surface area contributed by atoms with Gasteiger partial charge in [-0.05, 0) is 60.4 Å². The fourth-order valence-electron chi connectivity index (χ4n) is 3.33. The van der Waals surface area contributed by atoms with Gasteiger partial charge in [-0.1, -0.05) is 0 Å². The standard InChI is InChI=1S/C15H20BrN3O/c1-10-8-18-6-2-3-12(18)9-19(10)15(20)13-7-11(17)4-5-14(13)16/h4-5,7,10,12H,2-3,6,8-9,17H2,1H3. The highest BCUT2D eigenvalue weighted by Crippen LogP contribution is 2.28. The van der Waals surface area contributed by atoms with Crippen molar-refractivity contribution < 1.29 is 4.79 Å². The zero-order valence-corrected chi connectivity index (χ0v) is 13.3. The molecule has 1 aromatic carbocycles. The van der Waals surface area contributed by atoms with E-state index in [1.165, 1.54) is 19.4 Å². The van der Waals surface area contributed by atoms with Crippen LogP contribution in [0.1, 0.15) is 30.1 Å². The van der Waals surface area contributed by atoms with Crippen LogP contribution in [0.2, 0.25) is 0 Å². The van der Waals surface area contributed by atoms with Crippen molar-refractivity contribution in [2.45, 2.75) is 31.8 Å². The van der Waals surface area contributed by atoms with Gasteiger partial charge >= 0.3 is 0 Å². The van der Waals surface area contributed by atoms with Gasteiger partial charge < -0.3 is 10.6 Å². The number of piperazine rings is 1. The van der Waals surface area contributed by atoms with Crippen LogP contribution in [0.3, 0.4) is 0 Å². The number of nitrogens with zero attached hydrogens (tertiary/aromatic N) is 2. The van der Waals surface area contributed by atoms with Crippen molar-refractivity contribution in [3.8, 4) is 0 Å². The smallest absolute Gasteiger partial charge is 0.255 e. The molecule has 2 heterocycles. The molecule has 1 amide bonds. The van der Waals surface area contributed by atoms with Crippen LogP contribution >= 0.6 is 15.9 Å². The molecule has 1 aromatic rings. The van der Waals surface area contributed by atoms with Gasteiger partial charge in [0, 0.05) is 35.3 Å². The van der Waals surface area contributed by atoms with Crippen molar-refractivity contribution in [3.05, 3.63) is 28.2 Å². The molecule has 0 spiro atoms. The van der Waals surface area contributed by atoms with Gasteiger partial charge in [-0.2, -0.15) is 0 Å². The third-order valence-corrected chi connectivity index (χ3v) is 5.11. The molecule has 108 valence electrons. The number of hydrogen-bond acceptors (Lipinski definition) is 3. The number of anilines is 1. The van der Waals surface area contributed by atoms with E-state index in [1.807, 2.05) is 11.0 Å². The SMILES string of the molecule is CC1CN2CCCC2CN1C(=O)c1cc(N)ccc1Br. The molecule has 2 atom stereocenters. The second-order valence-electron chi connectivity index (χ2n) is 5.84. The minimum atomic E-state index is 0.0863. The van der Waals surface area contributed by atoms with Crippen molar-refractivity contribution >= 4 is 27.5 Å². The minimum absolute atomic E-state index is 0.0863. The summed E-state index contributed by atoms with van der Waals surface area (Å²) in [5.74, 6) is 0.0863. The molecule has 0 aromatic heterocycles. The maximum absolute atomic E-state index is 12.8. The quantitative estimate of drug-likeness (QED) is 0.800. The summed E-state index contributed by atoms with van der Waals surface area (Å²) in [6, 6.07) is 6.21. The van der Waals surface area contributed by atoms with Crippen LogP contribution in [0.5, 0.6) is 0 Å². The highest BCUT2D eigenvalue weighted by atomic mass is 79.9. The van der Waals surface area contributed by atoms with E-state index in [0.29, 0.717) is 17.3 Å². The normalized spacial score (nSPS) is 26.6. The molecule has 2 fully saturated rings. The number of carbonyl (C=O) groups excluding carboxylic acids is 1. The summed E-state index contributed by atoms with van der Waals surface area (Å²) in [5.41, 5.74) is 7.11. The zero-order valence-electron chi connectivity index (χ0n) is 11.7. The van der Waals surface area contributed by atoms with Gasteiger partial charge in [0.15, 0.2) is 0 Å². The summed E-state index contributed by atoms with van der Waals surface area (Å²) in [6.45, 7) is 5.13. The number of benzene rings is 1. The second kappa shape index (κ2) is 5.37. The second-order valence-corrected chi connectivity index (χ2v) is 6.69. The molecular formula is C15H20BrN3O. The molecule has 0 bridgehead atoms. The van der Waals surface area contributed by atoms with Crippen LogP contribution in [0.4, 0.5) is 5.69 Å². The van der Waals surface area contributed by atoms with Crippen molar-refractivity contribution in [3.63, 3.8) is 0 Å². The molecule has 4 nitrogen and oxygen atoms in total. The number of carbonyl (C=O) groups is 1. The molecule has 0 saturated carbocycles. The number of halogens is 1. The summed E-state index contributed by atoms with van der Waals surface area (Å²) in [5, 5.41) is 0. The Morgan fingerprint density at radius 1 is 1.40 bits per heavy atom. The number of fused-ring (bicyclic) bond motifs is 1. The molecule has 2 unspecified atom stereocenters. The van der Waals surface area contributed by atoms with Gasteiger partial charge in [0.05, 0.1) is 5.56 Å². The highest BCUT2D eigenvalue weighted by molar-refractivity contribution is 9.10. The Bertz CT molecular complexity index is 534. The van der Waals surface area contributed by atoms with Gasteiger partial charge in [0.25, 0.3) is 5.91 Å². The fraction of sp³-hybridized carbons (Fsp3) is 0.533. The average molecular weight is 338 g/mol. The molecule has 0 aliphatic carbocycles. The Labute approximate surface area is 128 Å². The van der Waals surface area contributed by atoms with Crippen molar-refractivity contribution in [2.24, 2.45) is 0 Å². The first-order valence-corrected chi connectivity index (χ1v) is 7.95. The van der Waals surface area contributed by atoms with E-state index in [2.05, 4.69) is 27.8 Å². The Morgan fingerprint density at radius 2 is 2.20 bits per heavy atom. The predicted octanol–water partition coefficient (Wildman–Crippen LogP) is 2.34. The van der Waals surface area contributed by atoms with Crippen molar-refractivity contribution in [1.29, 1.82) is 0 Å². The third kappa shape index (κ3) is 2.44. The molecule has 2 saturated heterocycles. The molecule has 3 rings (SSSR count). The van der Waals surface area contributed by atoms with Crippen molar-refractivity contribution in [2.75, 3.05) is 25.4 Å². The number of hydrogen-bond donors (Lipinski definition) is 1. The summed E-state index contributed by atoms with van der Waals surface area (Å²) in [4.78, 5) is 17.3. The first-order valence-electron chi connectivity index (χ1n) is 7.16. The molecule has 2 aliphatic rings. The van der Waals surface area contributed by atoms with Crippen LogP contribution < -0.4 is 5.73 Å². The largest absolute Gasteiger partial charge is 0.399 e. The predicted molar refractivity (Wildman–Crippen MR) is 83.6 cm³/mol. The summed E-state index contributed by atoms with van der Waals surface area (Å²) >= 11 is 3.46. The fourth-order valence-corrected chi connectivity index (χ4v) is 3.75. The van der Waals surface area contributed by atoms with E-state index in [1.54, 1.807) is 12.1 Å². The molecule has 2 aliphatic heterocycles. The van der Waals surface area contributed by atoms with Gasteiger partial charge in [-0.3, -0.25) is 9.69 Å². The Kier molecular flexibility index (Phi) is 3.73. The van der Waals surface area contributed by atoms with Gasteiger partial charge in [-0.15, -0.1) is 0 Å². The highest BCUT2D eigenvalue weighted by Gasteiger charge is 2.37.